The molecule has 0 radical (unpaired) electrons. The Bertz CT molecular complexity index is 1450. The summed E-state index contributed by atoms with van der Waals surface area (Å²) in [6, 6.07) is 22.1. The summed E-state index contributed by atoms with van der Waals surface area (Å²) in [6.45, 7) is 2.43. The molecule has 0 atom stereocenters. The number of H-pyrrole nitrogens is 1. The van der Waals surface area contributed by atoms with E-state index in [2.05, 4.69) is 51.8 Å². The molecule has 0 fully saturated rings. The Kier molecular flexibility index (Phi) is 6.26. The van der Waals surface area contributed by atoms with Crippen LogP contribution in [0.25, 0.3) is 33.4 Å². The highest BCUT2D eigenvalue weighted by Crippen LogP contribution is 2.37. The molecule has 0 bridgehead atoms. The number of aryl methyl sites for hydroxylation is 1. The molecule has 1 N–H and O–H groups in total. The summed E-state index contributed by atoms with van der Waals surface area (Å²) >= 11 is 0. The highest BCUT2D eigenvalue weighted by Gasteiger charge is 2.15. The highest BCUT2D eigenvalue weighted by atomic mass is 16.5. The van der Waals surface area contributed by atoms with Crippen molar-refractivity contribution in [2.75, 3.05) is 14.2 Å². The minimum Gasteiger partial charge on any atom is -0.493 e. The minimum atomic E-state index is 0.358. The minimum absolute atomic E-state index is 0.358. The van der Waals surface area contributed by atoms with E-state index in [4.69, 9.17) is 19.2 Å². The van der Waals surface area contributed by atoms with Crippen LogP contribution in [0.3, 0.4) is 0 Å². The molecule has 5 rings (SSSR count). The molecular weight excluding hydrogens is 442 g/mol. The van der Waals surface area contributed by atoms with Gasteiger partial charge in [-0.25, -0.2) is 0 Å². The smallest absolute Gasteiger partial charge is 0.205 e. The number of methoxy groups -OCH3 is 2. The van der Waals surface area contributed by atoms with Crippen LogP contribution in [-0.2, 0) is 13.0 Å². The third-order valence-corrected chi connectivity index (χ3v) is 5.84. The maximum atomic E-state index is 6.34. The first-order chi connectivity index (χ1) is 17.2. The average molecular weight is 468 g/mol. The van der Waals surface area contributed by atoms with Crippen LogP contribution in [0.5, 0.6) is 17.2 Å². The van der Waals surface area contributed by atoms with Gasteiger partial charge in [-0.2, -0.15) is 5.21 Å². The van der Waals surface area contributed by atoms with Crippen LogP contribution in [0.2, 0.25) is 0 Å². The summed E-state index contributed by atoms with van der Waals surface area (Å²) in [5.41, 5.74) is 5.69. The van der Waals surface area contributed by atoms with Gasteiger partial charge in [0.05, 0.1) is 19.7 Å². The second-order valence-electron chi connectivity index (χ2n) is 7.96. The van der Waals surface area contributed by atoms with E-state index in [1.54, 1.807) is 14.2 Å². The van der Waals surface area contributed by atoms with E-state index in [0.29, 0.717) is 23.9 Å². The number of nitrogens with one attached hydrogen (secondary N) is 1. The topological polar surface area (TPSA) is 95.0 Å². The predicted octanol–water partition coefficient (Wildman–Crippen LogP) is 5.24. The zero-order valence-corrected chi connectivity index (χ0v) is 19.8. The van der Waals surface area contributed by atoms with Gasteiger partial charge >= 0.3 is 0 Å². The maximum absolute atomic E-state index is 6.34. The molecule has 2 aromatic heterocycles. The number of hydrogen-bond donors (Lipinski definition) is 1. The molecule has 5 aromatic rings. The summed E-state index contributed by atoms with van der Waals surface area (Å²) < 4.78 is 17.3. The summed E-state index contributed by atoms with van der Waals surface area (Å²) in [5.74, 6) is 2.53. The molecule has 0 aliphatic rings. The van der Waals surface area contributed by atoms with Crippen molar-refractivity contribution in [3.63, 3.8) is 0 Å². The summed E-state index contributed by atoms with van der Waals surface area (Å²) in [7, 11) is 3.23. The van der Waals surface area contributed by atoms with Crippen molar-refractivity contribution in [1.82, 2.24) is 25.6 Å². The van der Waals surface area contributed by atoms with Gasteiger partial charge in [-0.15, -0.1) is 10.2 Å². The molecule has 8 nitrogen and oxygen atoms in total. The molecule has 0 spiro atoms. The number of hydrogen-bond acceptors (Lipinski definition) is 7. The fourth-order valence-corrected chi connectivity index (χ4v) is 4.05. The number of rotatable bonds is 8. The Morgan fingerprint density at radius 3 is 2.34 bits per heavy atom. The first kappa shape index (κ1) is 22.3. The van der Waals surface area contributed by atoms with E-state index in [0.717, 1.165) is 51.0 Å². The van der Waals surface area contributed by atoms with Crippen molar-refractivity contribution in [2.24, 2.45) is 0 Å². The lowest BCUT2D eigenvalue weighted by Gasteiger charge is -2.15. The van der Waals surface area contributed by atoms with Crippen LogP contribution < -0.4 is 14.2 Å². The van der Waals surface area contributed by atoms with Gasteiger partial charge in [0.15, 0.2) is 11.5 Å². The van der Waals surface area contributed by atoms with Crippen molar-refractivity contribution < 1.29 is 14.2 Å². The lowest BCUT2D eigenvalue weighted by molar-refractivity contribution is 0.309. The van der Waals surface area contributed by atoms with Crippen molar-refractivity contribution in [1.29, 1.82) is 0 Å². The zero-order chi connectivity index (χ0) is 24.2. The van der Waals surface area contributed by atoms with Crippen molar-refractivity contribution in [3.8, 4) is 39.8 Å². The largest absolute Gasteiger partial charge is 0.493 e. The molecule has 8 heteroatoms. The zero-order valence-electron chi connectivity index (χ0n) is 19.8. The van der Waals surface area contributed by atoms with E-state index in [9.17, 15) is 0 Å². The Hall–Kier alpha value is -4.46. The molecular formula is C27H25N5O3. The lowest BCUT2D eigenvalue weighted by atomic mass is 9.97. The van der Waals surface area contributed by atoms with Crippen molar-refractivity contribution >= 4 is 10.9 Å². The molecule has 0 unspecified atom stereocenters. The number of aromatic nitrogens is 5. The standard InChI is InChI=1S/C27H25N5O3/c1-4-19-13-24(22-14-25(33-2)26(34-3)15-23(22)28-19)35-16-17-10-11-20(18-8-6-5-7-9-18)21(12-17)27-29-31-32-30-27/h5-15H,4,16H2,1-3H3,(H,29,30,31,32). The number of tetrazole rings is 1. The third-order valence-electron chi connectivity index (χ3n) is 5.84. The third kappa shape index (κ3) is 4.50. The van der Waals surface area contributed by atoms with Gasteiger partial charge in [0, 0.05) is 28.8 Å². The predicted molar refractivity (Wildman–Crippen MR) is 134 cm³/mol. The second kappa shape index (κ2) is 9.80. The molecule has 0 aliphatic carbocycles. The molecule has 0 amide bonds. The number of fused-ring (bicyclic) bond motifs is 1. The fraction of sp³-hybridized carbons (Fsp3) is 0.185. The Labute approximate surface area is 202 Å². The van der Waals surface area contributed by atoms with Gasteiger partial charge in [-0.05, 0) is 40.5 Å². The van der Waals surface area contributed by atoms with Crippen molar-refractivity contribution in [3.05, 3.63) is 78.0 Å². The van der Waals surface area contributed by atoms with Crippen LogP contribution >= 0.6 is 0 Å². The molecule has 0 saturated carbocycles. The normalized spacial score (nSPS) is 10.9. The number of ether oxygens (including phenoxy) is 3. The molecule has 176 valence electrons. The van der Waals surface area contributed by atoms with Crippen LogP contribution in [0, 0.1) is 0 Å². The SMILES string of the molecule is CCc1cc(OCc2ccc(-c3ccccc3)c(-c3nn[nH]n3)c2)c2cc(OC)c(OC)cc2n1. The van der Waals surface area contributed by atoms with Crippen LogP contribution in [0.1, 0.15) is 18.2 Å². The van der Waals surface area contributed by atoms with Gasteiger partial charge in [-0.3, -0.25) is 4.98 Å². The maximum Gasteiger partial charge on any atom is 0.205 e. The number of nitrogens with zero attached hydrogens (tertiary/aromatic N) is 4. The monoisotopic (exact) mass is 467 g/mol. The van der Waals surface area contributed by atoms with E-state index < -0.39 is 0 Å². The lowest BCUT2D eigenvalue weighted by Crippen LogP contribution is -2.01. The number of pyridine rings is 1. The fourth-order valence-electron chi connectivity index (χ4n) is 4.05. The molecule has 35 heavy (non-hydrogen) atoms. The van der Waals surface area contributed by atoms with E-state index in [1.165, 1.54) is 0 Å². The number of benzene rings is 3. The second-order valence-corrected chi connectivity index (χ2v) is 7.96. The van der Waals surface area contributed by atoms with Crippen LogP contribution in [-0.4, -0.2) is 39.8 Å². The number of aromatic amines is 1. The van der Waals surface area contributed by atoms with Crippen LogP contribution in [0.4, 0.5) is 0 Å². The van der Waals surface area contributed by atoms with Gasteiger partial charge in [-0.1, -0.05) is 49.4 Å². The Morgan fingerprint density at radius 1 is 0.829 bits per heavy atom. The first-order valence-electron chi connectivity index (χ1n) is 11.3. The Balaban J connectivity index is 1.52. The van der Waals surface area contributed by atoms with E-state index in [-0.39, 0.29) is 0 Å². The average Bonchev–Trinajstić information content (AvgIpc) is 3.46. The van der Waals surface area contributed by atoms with Crippen LogP contribution in [0.15, 0.2) is 66.7 Å². The van der Waals surface area contributed by atoms with Crippen molar-refractivity contribution in [2.45, 2.75) is 20.0 Å². The van der Waals surface area contributed by atoms with Gasteiger partial charge in [0.1, 0.15) is 12.4 Å². The molecule has 0 aliphatic heterocycles. The van der Waals surface area contributed by atoms with E-state index >= 15 is 0 Å². The van der Waals surface area contributed by atoms with E-state index in [1.807, 2.05) is 42.5 Å². The Morgan fingerprint density at radius 2 is 1.63 bits per heavy atom. The van der Waals surface area contributed by atoms with Gasteiger partial charge in [0.25, 0.3) is 0 Å². The molecule has 2 heterocycles. The molecule has 0 saturated heterocycles. The summed E-state index contributed by atoms with van der Waals surface area (Å²) in [4.78, 5) is 4.74. The molecule has 3 aromatic carbocycles. The summed E-state index contributed by atoms with van der Waals surface area (Å²) in [5, 5.41) is 15.6. The van der Waals surface area contributed by atoms with Gasteiger partial charge in [0.2, 0.25) is 5.82 Å². The summed E-state index contributed by atoms with van der Waals surface area (Å²) in [6.07, 6.45) is 0.786. The quantitative estimate of drug-likeness (QED) is 0.333. The highest BCUT2D eigenvalue weighted by molar-refractivity contribution is 5.88. The first-order valence-corrected chi connectivity index (χ1v) is 11.3. The van der Waals surface area contributed by atoms with Gasteiger partial charge < -0.3 is 14.2 Å².